The molecule has 20 heavy (non-hydrogen) atoms. The molecular formula is C14H15FO5. The minimum atomic E-state index is -0.250. The van der Waals surface area contributed by atoms with Crippen LogP contribution in [0.2, 0.25) is 0 Å². The molecule has 0 bridgehead atoms. The molecule has 6 heteroatoms. The molecule has 0 unspecified atom stereocenters. The van der Waals surface area contributed by atoms with Crippen LogP contribution >= 0.6 is 0 Å². The van der Waals surface area contributed by atoms with Crippen molar-refractivity contribution in [3.05, 3.63) is 41.7 Å². The molecule has 108 valence electrons. The zero-order chi connectivity index (χ0) is 15.5. The summed E-state index contributed by atoms with van der Waals surface area (Å²) in [5, 5.41) is 24.8. The SMILES string of the molecule is CCc1c(F)ccc2cc(O)ccc12.O=CO.O=CO. The average Bonchev–Trinajstić information content (AvgIpc) is 2.41. The van der Waals surface area contributed by atoms with Gasteiger partial charge in [-0.1, -0.05) is 19.1 Å². The van der Waals surface area contributed by atoms with Crippen LogP contribution in [0.4, 0.5) is 4.39 Å². The molecule has 0 radical (unpaired) electrons. The number of phenols is 1. The molecule has 2 aromatic carbocycles. The number of benzene rings is 2. The first-order valence-corrected chi connectivity index (χ1v) is 5.61. The number of carboxylic acid groups (broad SMARTS) is 2. The summed E-state index contributed by atoms with van der Waals surface area (Å²) in [6, 6.07) is 8.12. The summed E-state index contributed by atoms with van der Waals surface area (Å²) in [4.78, 5) is 16.7. The Morgan fingerprint density at radius 3 is 2.15 bits per heavy atom. The summed E-state index contributed by atoms with van der Waals surface area (Å²) in [6.45, 7) is 1.42. The highest BCUT2D eigenvalue weighted by Crippen LogP contribution is 2.25. The Morgan fingerprint density at radius 2 is 1.65 bits per heavy atom. The van der Waals surface area contributed by atoms with Crippen molar-refractivity contribution in [2.24, 2.45) is 0 Å². The number of halogens is 1. The van der Waals surface area contributed by atoms with Gasteiger partial charge in [-0.25, -0.2) is 4.39 Å². The van der Waals surface area contributed by atoms with Crippen molar-refractivity contribution in [2.45, 2.75) is 13.3 Å². The van der Waals surface area contributed by atoms with Gasteiger partial charge in [0.15, 0.2) is 0 Å². The highest BCUT2D eigenvalue weighted by Gasteiger charge is 2.05. The summed E-state index contributed by atoms with van der Waals surface area (Å²) in [7, 11) is 0. The highest BCUT2D eigenvalue weighted by atomic mass is 19.1. The van der Waals surface area contributed by atoms with Crippen molar-refractivity contribution in [3.8, 4) is 5.75 Å². The molecule has 0 heterocycles. The third kappa shape index (κ3) is 4.93. The van der Waals surface area contributed by atoms with Gasteiger partial charge in [0.25, 0.3) is 12.9 Å². The quantitative estimate of drug-likeness (QED) is 0.699. The number of fused-ring (bicyclic) bond motifs is 1. The molecule has 2 aromatic rings. The van der Waals surface area contributed by atoms with Crippen molar-refractivity contribution in [2.75, 3.05) is 0 Å². The molecule has 0 saturated carbocycles. The Morgan fingerprint density at radius 1 is 1.10 bits per heavy atom. The highest BCUT2D eigenvalue weighted by molar-refractivity contribution is 5.87. The van der Waals surface area contributed by atoms with Crippen LogP contribution in [0.25, 0.3) is 10.8 Å². The van der Waals surface area contributed by atoms with Gasteiger partial charge in [0, 0.05) is 0 Å². The summed E-state index contributed by atoms with van der Waals surface area (Å²) >= 11 is 0. The molecule has 0 aromatic heterocycles. The van der Waals surface area contributed by atoms with Crippen molar-refractivity contribution < 1.29 is 29.3 Å². The van der Waals surface area contributed by atoms with Crippen LogP contribution in [0.15, 0.2) is 30.3 Å². The third-order valence-electron chi connectivity index (χ3n) is 2.41. The molecular weight excluding hydrogens is 267 g/mol. The molecule has 3 N–H and O–H groups in total. The zero-order valence-corrected chi connectivity index (χ0v) is 10.8. The Balaban J connectivity index is 0.000000520. The van der Waals surface area contributed by atoms with Crippen LogP contribution in [0.3, 0.4) is 0 Å². The lowest BCUT2D eigenvalue weighted by molar-refractivity contribution is -0.123. The number of phenolic OH excluding ortho intramolecular Hbond substituents is 1. The molecule has 0 spiro atoms. The predicted octanol–water partition coefficient (Wildman–Crippen LogP) is 2.65. The second kappa shape index (κ2) is 9.32. The van der Waals surface area contributed by atoms with Crippen LogP contribution < -0.4 is 0 Å². The van der Waals surface area contributed by atoms with E-state index in [1.165, 1.54) is 6.07 Å². The molecule has 0 aliphatic rings. The average molecular weight is 282 g/mol. The number of rotatable bonds is 1. The molecule has 5 nitrogen and oxygen atoms in total. The van der Waals surface area contributed by atoms with E-state index in [4.69, 9.17) is 19.8 Å². The molecule has 0 fully saturated rings. The van der Waals surface area contributed by atoms with Gasteiger partial charge in [-0.3, -0.25) is 9.59 Å². The van der Waals surface area contributed by atoms with Gasteiger partial charge in [-0.05, 0) is 41.0 Å². The van der Waals surface area contributed by atoms with E-state index in [-0.39, 0.29) is 24.5 Å². The first kappa shape index (κ1) is 17.4. The summed E-state index contributed by atoms with van der Waals surface area (Å²) < 4.78 is 13.4. The van der Waals surface area contributed by atoms with Crippen LogP contribution in [0.5, 0.6) is 5.75 Å². The normalized spacial score (nSPS) is 8.70. The largest absolute Gasteiger partial charge is 0.508 e. The van der Waals surface area contributed by atoms with Gasteiger partial charge >= 0.3 is 0 Å². The van der Waals surface area contributed by atoms with E-state index in [0.29, 0.717) is 12.0 Å². The molecule has 0 saturated heterocycles. The molecule has 2 rings (SSSR count). The Bertz CT molecular complexity index is 563. The summed E-state index contributed by atoms with van der Waals surface area (Å²) in [6.07, 6.45) is 0.661. The number of hydrogen-bond acceptors (Lipinski definition) is 3. The molecule has 0 amide bonds. The van der Waals surface area contributed by atoms with E-state index in [1.807, 2.05) is 6.92 Å². The Hall–Kier alpha value is -2.63. The van der Waals surface area contributed by atoms with E-state index in [0.717, 1.165) is 10.8 Å². The second-order valence-electron chi connectivity index (χ2n) is 3.50. The van der Waals surface area contributed by atoms with E-state index in [1.54, 1.807) is 24.3 Å². The van der Waals surface area contributed by atoms with Crippen LogP contribution in [0, 0.1) is 5.82 Å². The van der Waals surface area contributed by atoms with Gasteiger partial charge in [0.1, 0.15) is 11.6 Å². The number of aryl methyl sites for hydroxylation is 1. The van der Waals surface area contributed by atoms with E-state index in [9.17, 15) is 9.50 Å². The maximum absolute atomic E-state index is 13.4. The van der Waals surface area contributed by atoms with E-state index < -0.39 is 0 Å². The summed E-state index contributed by atoms with van der Waals surface area (Å²) in [5.41, 5.74) is 0.711. The van der Waals surface area contributed by atoms with Gasteiger partial charge in [0.05, 0.1) is 0 Å². The van der Waals surface area contributed by atoms with Crippen LogP contribution in [-0.4, -0.2) is 28.3 Å². The fraction of sp³-hybridized carbons (Fsp3) is 0.143. The summed E-state index contributed by atoms with van der Waals surface area (Å²) in [5.74, 6) is 0.0388. The van der Waals surface area contributed by atoms with Crippen LogP contribution in [-0.2, 0) is 16.0 Å². The van der Waals surface area contributed by atoms with Crippen molar-refractivity contribution in [1.29, 1.82) is 0 Å². The second-order valence-corrected chi connectivity index (χ2v) is 3.50. The fourth-order valence-electron chi connectivity index (χ4n) is 1.71. The molecule has 0 atom stereocenters. The van der Waals surface area contributed by atoms with Gasteiger partial charge in [-0.2, -0.15) is 0 Å². The number of hydrogen-bond donors (Lipinski definition) is 3. The van der Waals surface area contributed by atoms with Gasteiger partial charge in [-0.15, -0.1) is 0 Å². The van der Waals surface area contributed by atoms with E-state index >= 15 is 0 Å². The number of aromatic hydroxyl groups is 1. The lowest BCUT2D eigenvalue weighted by atomic mass is 10.0. The van der Waals surface area contributed by atoms with Gasteiger partial charge in [0.2, 0.25) is 0 Å². The topological polar surface area (TPSA) is 94.8 Å². The van der Waals surface area contributed by atoms with Crippen molar-refractivity contribution in [3.63, 3.8) is 0 Å². The zero-order valence-electron chi connectivity index (χ0n) is 10.8. The monoisotopic (exact) mass is 282 g/mol. The predicted molar refractivity (Wildman–Crippen MR) is 72.3 cm³/mol. The maximum atomic E-state index is 13.4. The maximum Gasteiger partial charge on any atom is 0.290 e. The number of carbonyl (C=O) groups is 2. The fourth-order valence-corrected chi connectivity index (χ4v) is 1.71. The van der Waals surface area contributed by atoms with Crippen molar-refractivity contribution >= 4 is 23.7 Å². The first-order chi connectivity index (χ1) is 9.55. The standard InChI is InChI=1S/C12H11FO.2CH2O2/c1-2-10-11-5-4-9(14)7-8(11)3-6-12(10)13;2*2-1-3/h3-7,14H,2H2,1H3;2*1H,(H,2,3). The Kier molecular flexibility index (Phi) is 8.09. The smallest absolute Gasteiger partial charge is 0.290 e. The van der Waals surface area contributed by atoms with Crippen molar-refractivity contribution in [1.82, 2.24) is 0 Å². The minimum absolute atomic E-state index is 0.175. The lowest BCUT2D eigenvalue weighted by Crippen LogP contribution is -1.89. The third-order valence-corrected chi connectivity index (χ3v) is 2.41. The minimum Gasteiger partial charge on any atom is -0.508 e. The first-order valence-electron chi connectivity index (χ1n) is 5.61. The molecule has 0 aliphatic heterocycles. The van der Waals surface area contributed by atoms with E-state index in [2.05, 4.69) is 0 Å². The van der Waals surface area contributed by atoms with Crippen LogP contribution in [0.1, 0.15) is 12.5 Å². The molecule has 0 aliphatic carbocycles. The lowest BCUT2D eigenvalue weighted by Gasteiger charge is -2.05. The van der Waals surface area contributed by atoms with Gasteiger partial charge < -0.3 is 15.3 Å². The Labute approximate surface area is 114 Å².